The minimum atomic E-state index is -0.994. The van der Waals surface area contributed by atoms with Crippen molar-refractivity contribution in [1.82, 2.24) is 20.9 Å². The Bertz CT molecular complexity index is 1000. The number of nitrogens with zero attached hydrogens (tertiary/aromatic N) is 1. The van der Waals surface area contributed by atoms with E-state index in [1.807, 2.05) is 0 Å². The van der Waals surface area contributed by atoms with Gasteiger partial charge in [0, 0.05) is 42.8 Å². The number of imide groups is 1. The Labute approximate surface area is 258 Å². The van der Waals surface area contributed by atoms with Crippen molar-refractivity contribution >= 4 is 47.3 Å². The number of carboxylic acid groups (broad SMARTS) is 1. The smallest absolute Gasteiger partial charge is 0.309 e. The summed E-state index contributed by atoms with van der Waals surface area (Å²) in [6, 6.07) is -0.530. The number of aliphatic hydroxyl groups excluding tert-OH is 2. The molecule has 0 aromatic heterocycles. The number of hydrogen-bond donors (Lipinski definition) is 7. The molecule has 0 spiro atoms. The summed E-state index contributed by atoms with van der Waals surface area (Å²) in [5.41, 5.74) is 2.70. The van der Waals surface area contributed by atoms with Crippen molar-refractivity contribution in [3.8, 4) is 0 Å². The number of likely N-dealkylation sites (N-methyl/N-ethyl adjacent to an activating group) is 1. The second kappa shape index (κ2) is 17.5. The molecule has 1 aliphatic rings. The highest BCUT2D eigenvalue weighted by atomic mass is 32.2. The molecule has 1 rings (SSSR count). The van der Waals surface area contributed by atoms with Crippen LogP contribution in [0.15, 0.2) is 0 Å². The van der Waals surface area contributed by atoms with Crippen LogP contribution in [0.3, 0.4) is 0 Å². The molecule has 1 aliphatic heterocycles. The number of hydrogen-bond acceptors (Lipinski definition) is 10. The van der Waals surface area contributed by atoms with E-state index < -0.39 is 45.6 Å². The Hall–Kier alpha value is -2.75. The zero-order valence-electron chi connectivity index (χ0n) is 26.6. The molecule has 14 nitrogen and oxygen atoms in total. The van der Waals surface area contributed by atoms with Gasteiger partial charge in [0.2, 0.25) is 29.5 Å². The van der Waals surface area contributed by atoms with E-state index in [2.05, 4.69) is 16.0 Å². The first-order chi connectivity index (χ1) is 19.6. The molecule has 248 valence electrons. The molecule has 0 aliphatic carbocycles. The van der Waals surface area contributed by atoms with Gasteiger partial charge in [-0.15, -0.1) is 11.8 Å². The van der Waals surface area contributed by atoms with Crippen LogP contribution in [0.5, 0.6) is 0 Å². The minimum Gasteiger partial charge on any atom is -0.481 e. The van der Waals surface area contributed by atoms with Crippen LogP contribution in [0.25, 0.3) is 0 Å². The molecule has 0 aromatic carbocycles. The van der Waals surface area contributed by atoms with Gasteiger partial charge in [0.25, 0.3) is 0 Å². The van der Waals surface area contributed by atoms with Gasteiger partial charge in [-0.25, -0.2) is 0 Å². The number of nitrogens with one attached hydrogen (secondary N) is 3. The molecule has 0 radical (unpaired) electrons. The van der Waals surface area contributed by atoms with Gasteiger partial charge in [-0.2, -0.15) is 0 Å². The van der Waals surface area contributed by atoms with Gasteiger partial charge >= 0.3 is 5.97 Å². The molecule has 15 heteroatoms. The van der Waals surface area contributed by atoms with Gasteiger partial charge < -0.3 is 37.0 Å². The fourth-order valence-corrected chi connectivity index (χ4v) is 5.76. The summed E-state index contributed by atoms with van der Waals surface area (Å²) in [5.74, 6) is -2.14. The van der Waals surface area contributed by atoms with Crippen LogP contribution in [-0.2, 0) is 28.8 Å². The van der Waals surface area contributed by atoms with E-state index in [9.17, 15) is 28.8 Å². The second-order valence-corrected chi connectivity index (χ2v) is 13.8. The lowest BCUT2D eigenvalue weighted by Gasteiger charge is -2.33. The van der Waals surface area contributed by atoms with Crippen molar-refractivity contribution in [2.24, 2.45) is 16.6 Å². The summed E-state index contributed by atoms with van der Waals surface area (Å²) in [4.78, 5) is 71.4. The van der Waals surface area contributed by atoms with E-state index in [4.69, 9.17) is 21.1 Å². The second-order valence-electron chi connectivity index (χ2n) is 12.5. The van der Waals surface area contributed by atoms with Crippen LogP contribution in [0.2, 0.25) is 0 Å². The number of carbonyl (C=O) groups excluding carboxylic acids is 5. The minimum absolute atomic E-state index is 0.0201. The van der Waals surface area contributed by atoms with E-state index in [0.717, 1.165) is 0 Å². The van der Waals surface area contributed by atoms with Gasteiger partial charge in [0.1, 0.15) is 0 Å². The lowest BCUT2D eigenvalue weighted by molar-refractivity contribution is -0.150. The molecule has 0 saturated carbocycles. The van der Waals surface area contributed by atoms with Crippen molar-refractivity contribution < 1.29 is 44.1 Å². The normalized spacial score (nSPS) is 17.1. The predicted octanol–water partition coefficient (Wildman–Crippen LogP) is -0.402. The average molecular weight is 634 g/mol. The third-order valence-corrected chi connectivity index (χ3v) is 8.18. The predicted molar refractivity (Wildman–Crippen MR) is 163 cm³/mol. The molecule has 1 heterocycles. The Morgan fingerprint density at radius 3 is 2.07 bits per heavy atom. The zero-order chi connectivity index (χ0) is 33.8. The quantitative estimate of drug-likeness (QED) is 0.0805. The summed E-state index contributed by atoms with van der Waals surface area (Å²) in [6.07, 6.45) is -0.0238. The first-order valence-corrected chi connectivity index (χ1v) is 15.2. The van der Waals surface area contributed by atoms with Crippen molar-refractivity contribution in [3.05, 3.63) is 0 Å². The number of amides is 5. The van der Waals surface area contributed by atoms with Gasteiger partial charge in [-0.3, -0.25) is 33.7 Å². The van der Waals surface area contributed by atoms with Crippen LogP contribution in [0.4, 0.5) is 0 Å². The number of nitrogens with two attached hydrogens (primary N) is 1. The fraction of sp³-hybridized carbons (Fsp3) is 0.786. The highest BCUT2D eigenvalue weighted by Gasteiger charge is 2.46. The maximum Gasteiger partial charge on any atom is 0.309 e. The summed E-state index contributed by atoms with van der Waals surface area (Å²) >= 11 is 1.26. The largest absolute Gasteiger partial charge is 0.481 e. The third-order valence-electron chi connectivity index (χ3n) is 6.88. The number of rotatable bonds is 17. The van der Waals surface area contributed by atoms with Gasteiger partial charge in [0.05, 0.1) is 29.2 Å². The van der Waals surface area contributed by atoms with Crippen molar-refractivity contribution in [2.45, 2.75) is 97.1 Å². The Balaban J connectivity index is 0.000000821. The van der Waals surface area contributed by atoms with Gasteiger partial charge in [-0.1, -0.05) is 13.8 Å². The highest BCUT2D eigenvalue weighted by molar-refractivity contribution is 8.00. The van der Waals surface area contributed by atoms with E-state index >= 15 is 0 Å². The average Bonchev–Trinajstić information content (AvgIpc) is 3.14. The summed E-state index contributed by atoms with van der Waals surface area (Å²) in [5, 5.41) is 34.8. The lowest BCUT2D eigenvalue weighted by Crippen LogP contribution is -2.48. The number of carbonyl (C=O) groups is 6. The summed E-state index contributed by atoms with van der Waals surface area (Å²) in [6.45, 7) is 12.0. The number of likely N-dealkylation sites (tertiary alicyclic amines) is 1. The number of thioether (sulfide) groups is 1. The SMILES string of the molecule is CC(O)CC(=O)NCCNC(=O)C(C)(C)CC(C)(C)C(=O)O.CNC(CSC1CC(=O)N(C(C)(C)CCO)C1=O)C(N)=O. The Kier molecular flexibility index (Phi) is 16.4. The van der Waals surface area contributed by atoms with Crippen molar-refractivity contribution in [2.75, 3.05) is 32.5 Å². The first-order valence-electron chi connectivity index (χ1n) is 14.1. The number of carboxylic acids is 1. The van der Waals surface area contributed by atoms with E-state index in [1.54, 1.807) is 48.6 Å². The van der Waals surface area contributed by atoms with E-state index in [0.29, 0.717) is 12.2 Å². The number of aliphatic hydroxyl groups is 2. The van der Waals surface area contributed by atoms with E-state index in [1.165, 1.54) is 23.6 Å². The summed E-state index contributed by atoms with van der Waals surface area (Å²) < 4.78 is 0. The molecular weight excluding hydrogens is 582 g/mol. The van der Waals surface area contributed by atoms with Crippen LogP contribution < -0.4 is 21.7 Å². The molecule has 0 bridgehead atoms. The Morgan fingerprint density at radius 1 is 1.05 bits per heavy atom. The number of primary amides is 1. The zero-order valence-corrected chi connectivity index (χ0v) is 27.4. The summed E-state index contributed by atoms with van der Waals surface area (Å²) in [7, 11) is 1.62. The highest BCUT2D eigenvalue weighted by Crippen LogP contribution is 2.34. The molecule has 5 amide bonds. The van der Waals surface area contributed by atoms with Crippen molar-refractivity contribution in [3.63, 3.8) is 0 Å². The first kappa shape index (κ1) is 40.2. The lowest BCUT2D eigenvalue weighted by atomic mass is 9.74. The number of aliphatic carboxylic acids is 1. The molecule has 0 aromatic rings. The van der Waals surface area contributed by atoms with Crippen LogP contribution in [-0.4, -0.2) is 111 Å². The van der Waals surface area contributed by atoms with Crippen LogP contribution >= 0.6 is 11.8 Å². The Morgan fingerprint density at radius 2 is 1.60 bits per heavy atom. The molecule has 8 N–H and O–H groups in total. The fourth-order valence-electron chi connectivity index (χ4n) is 4.49. The third kappa shape index (κ3) is 13.6. The van der Waals surface area contributed by atoms with Gasteiger partial charge in [-0.05, 0) is 54.5 Å². The van der Waals surface area contributed by atoms with Crippen LogP contribution in [0, 0.1) is 10.8 Å². The van der Waals surface area contributed by atoms with Gasteiger partial charge in [0.15, 0.2) is 0 Å². The maximum atomic E-state index is 12.4. The molecule has 1 saturated heterocycles. The molecule has 3 atom stereocenters. The monoisotopic (exact) mass is 633 g/mol. The standard InChI is InChI=1S/C15H28N2O5.C13H23N3O4S/c1-10(18)8-11(19)16-6-7-17-12(20)14(2,3)9-15(4,5)13(21)22;1-13(2,4-5-17)16-10(18)6-9(12(16)20)21-7-8(15-3)11(14)19/h10,18H,6-9H2,1-5H3,(H,16,19)(H,17,20)(H,21,22);8-9,15,17H,4-7H2,1-3H3,(H2,14,19). The van der Waals surface area contributed by atoms with Crippen LogP contribution in [0.1, 0.15) is 74.1 Å². The van der Waals surface area contributed by atoms with E-state index in [-0.39, 0.29) is 62.6 Å². The topological polar surface area (TPSA) is 228 Å². The van der Waals surface area contributed by atoms with Crippen molar-refractivity contribution in [1.29, 1.82) is 0 Å². The molecule has 3 unspecified atom stereocenters. The maximum absolute atomic E-state index is 12.4. The molecule has 1 fully saturated rings. The molecular formula is C28H51N5O9S. The molecule has 43 heavy (non-hydrogen) atoms.